The quantitative estimate of drug-likeness (QED) is 0.491. The van der Waals surface area contributed by atoms with Crippen molar-refractivity contribution in [2.45, 2.75) is 26.1 Å². The van der Waals surface area contributed by atoms with Crippen molar-refractivity contribution >= 4 is 23.6 Å². The van der Waals surface area contributed by atoms with Crippen molar-refractivity contribution in [3.8, 4) is 5.75 Å². The molecule has 9 heteroatoms. The van der Waals surface area contributed by atoms with Crippen LogP contribution in [0.25, 0.3) is 5.65 Å². The van der Waals surface area contributed by atoms with Crippen LogP contribution >= 0.6 is 0 Å². The molecule has 1 aromatic carbocycles. The molecule has 2 aromatic heterocycles. The molecule has 160 valence electrons. The van der Waals surface area contributed by atoms with Crippen LogP contribution in [0.3, 0.4) is 0 Å². The number of para-hydroxylation sites is 1. The maximum atomic E-state index is 13.2. The molecule has 1 aliphatic rings. The van der Waals surface area contributed by atoms with Gasteiger partial charge in [0.05, 0.1) is 24.0 Å². The number of benzene rings is 1. The SMILES string of the molecule is C[C@H]1CN(c2nc3ccccn3c(=O)c2/C=N\NC(=O)c2ccccc2O)C[C@H](C)O1. The number of morpholine rings is 1. The van der Waals surface area contributed by atoms with Gasteiger partial charge in [0.1, 0.15) is 22.8 Å². The van der Waals surface area contributed by atoms with Crippen LogP contribution < -0.4 is 15.9 Å². The highest BCUT2D eigenvalue weighted by molar-refractivity contribution is 5.97. The van der Waals surface area contributed by atoms with Crippen molar-refractivity contribution in [1.29, 1.82) is 0 Å². The van der Waals surface area contributed by atoms with Gasteiger partial charge in [-0.3, -0.25) is 14.0 Å². The summed E-state index contributed by atoms with van der Waals surface area (Å²) in [4.78, 5) is 32.2. The van der Waals surface area contributed by atoms with Gasteiger partial charge in [-0.25, -0.2) is 10.4 Å². The van der Waals surface area contributed by atoms with Crippen molar-refractivity contribution in [2.75, 3.05) is 18.0 Å². The largest absolute Gasteiger partial charge is 0.507 e. The summed E-state index contributed by atoms with van der Waals surface area (Å²) in [5, 5.41) is 13.8. The normalized spacial score (nSPS) is 19.1. The monoisotopic (exact) mass is 421 g/mol. The lowest BCUT2D eigenvalue weighted by atomic mass is 10.2. The Hall–Kier alpha value is -3.72. The zero-order valence-electron chi connectivity index (χ0n) is 17.2. The van der Waals surface area contributed by atoms with E-state index >= 15 is 0 Å². The molecule has 1 amide bonds. The predicted molar refractivity (Wildman–Crippen MR) is 117 cm³/mol. The smallest absolute Gasteiger partial charge is 0.275 e. The molecule has 0 saturated carbocycles. The summed E-state index contributed by atoms with van der Waals surface area (Å²) in [5.74, 6) is -0.253. The number of anilines is 1. The summed E-state index contributed by atoms with van der Waals surface area (Å²) < 4.78 is 7.23. The Labute approximate surface area is 178 Å². The van der Waals surface area contributed by atoms with E-state index < -0.39 is 5.91 Å². The molecule has 3 heterocycles. The van der Waals surface area contributed by atoms with Crippen molar-refractivity contribution in [3.63, 3.8) is 0 Å². The van der Waals surface area contributed by atoms with Gasteiger partial charge < -0.3 is 14.7 Å². The maximum Gasteiger partial charge on any atom is 0.275 e. The predicted octanol–water partition coefficient (Wildman–Crippen LogP) is 1.78. The number of aromatic nitrogens is 2. The van der Waals surface area contributed by atoms with E-state index in [1.807, 2.05) is 24.8 Å². The zero-order chi connectivity index (χ0) is 22.0. The molecule has 1 aliphatic heterocycles. The summed E-state index contributed by atoms with van der Waals surface area (Å²) in [6, 6.07) is 11.5. The van der Waals surface area contributed by atoms with Crippen molar-refractivity contribution < 1.29 is 14.6 Å². The third-order valence-corrected chi connectivity index (χ3v) is 4.98. The molecule has 1 saturated heterocycles. The number of carbonyl (C=O) groups is 1. The van der Waals surface area contributed by atoms with Crippen LogP contribution in [0.5, 0.6) is 5.75 Å². The van der Waals surface area contributed by atoms with Gasteiger partial charge in [0.2, 0.25) is 0 Å². The van der Waals surface area contributed by atoms with Crippen LogP contribution in [0.4, 0.5) is 5.82 Å². The maximum absolute atomic E-state index is 13.2. The molecule has 2 N–H and O–H groups in total. The minimum absolute atomic E-state index is 0.0228. The number of amides is 1. The highest BCUT2D eigenvalue weighted by Gasteiger charge is 2.26. The first-order chi connectivity index (χ1) is 14.9. The number of pyridine rings is 1. The fourth-order valence-electron chi connectivity index (χ4n) is 3.68. The van der Waals surface area contributed by atoms with Crippen LogP contribution in [0, 0.1) is 0 Å². The number of hydrogen-bond donors (Lipinski definition) is 2. The number of nitrogens with one attached hydrogen (secondary N) is 1. The van der Waals surface area contributed by atoms with Gasteiger partial charge in [-0.05, 0) is 38.1 Å². The lowest BCUT2D eigenvalue weighted by Gasteiger charge is -2.36. The molecule has 0 unspecified atom stereocenters. The summed E-state index contributed by atoms with van der Waals surface area (Å²) in [6.45, 7) is 5.09. The van der Waals surface area contributed by atoms with Crippen LogP contribution in [0.15, 0.2) is 58.6 Å². The molecule has 0 spiro atoms. The van der Waals surface area contributed by atoms with Gasteiger partial charge in [0, 0.05) is 19.3 Å². The number of aromatic hydroxyl groups is 1. The second-order valence-corrected chi connectivity index (χ2v) is 7.46. The summed E-state index contributed by atoms with van der Waals surface area (Å²) in [7, 11) is 0. The number of phenols is 1. The Kier molecular flexibility index (Phi) is 5.68. The van der Waals surface area contributed by atoms with Crippen molar-refractivity contribution in [2.24, 2.45) is 5.10 Å². The topological polar surface area (TPSA) is 109 Å². The molecular weight excluding hydrogens is 398 g/mol. The number of fused-ring (bicyclic) bond motifs is 1. The van der Waals surface area contributed by atoms with Crippen molar-refractivity contribution in [1.82, 2.24) is 14.8 Å². The highest BCUT2D eigenvalue weighted by Crippen LogP contribution is 2.21. The Bertz CT molecular complexity index is 1200. The number of hydrogen-bond acceptors (Lipinski definition) is 7. The van der Waals surface area contributed by atoms with Gasteiger partial charge in [-0.2, -0.15) is 5.10 Å². The third kappa shape index (κ3) is 4.26. The summed E-state index contributed by atoms with van der Waals surface area (Å²) in [6.07, 6.45) is 2.89. The molecule has 2 atom stereocenters. The molecule has 0 radical (unpaired) electrons. The summed E-state index contributed by atoms with van der Waals surface area (Å²) in [5.41, 5.74) is 2.92. The van der Waals surface area contributed by atoms with Gasteiger partial charge in [-0.1, -0.05) is 18.2 Å². The van der Waals surface area contributed by atoms with E-state index in [-0.39, 0.29) is 34.6 Å². The number of nitrogens with zero attached hydrogens (tertiary/aromatic N) is 4. The Morgan fingerprint density at radius 2 is 1.90 bits per heavy atom. The number of ether oxygens (including phenoxy) is 1. The lowest BCUT2D eigenvalue weighted by Crippen LogP contribution is -2.47. The average molecular weight is 421 g/mol. The van der Waals surface area contributed by atoms with Crippen LogP contribution in [-0.4, -0.2) is 51.9 Å². The fraction of sp³-hybridized carbons (Fsp3) is 0.273. The lowest BCUT2D eigenvalue weighted by molar-refractivity contribution is -0.00546. The second-order valence-electron chi connectivity index (χ2n) is 7.46. The number of carbonyl (C=O) groups excluding carboxylic acids is 1. The van der Waals surface area contributed by atoms with Gasteiger partial charge >= 0.3 is 0 Å². The van der Waals surface area contributed by atoms with Gasteiger partial charge in [0.25, 0.3) is 11.5 Å². The highest BCUT2D eigenvalue weighted by atomic mass is 16.5. The number of hydrazone groups is 1. The number of phenolic OH excluding ortho intramolecular Hbond substituents is 1. The van der Waals surface area contributed by atoms with E-state index in [0.29, 0.717) is 24.6 Å². The molecule has 3 aromatic rings. The van der Waals surface area contributed by atoms with Crippen molar-refractivity contribution in [3.05, 3.63) is 70.1 Å². The minimum Gasteiger partial charge on any atom is -0.507 e. The molecule has 0 aliphatic carbocycles. The fourth-order valence-corrected chi connectivity index (χ4v) is 3.68. The summed E-state index contributed by atoms with van der Waals surface area (Å²) >= 11 is 0. The van der Waals surface area contributed by atoms with Gasteiger partial charge in [-0.15, -0.1) is 0 Å². The molecule has 1 fully saturated rings. The molecule has 9 nitrogen and oxygen atoms in total. The molecular formula is C22H23N5O4. The van der Waals surface area contributed by atoms with E-state index in [9.17, 15) is 14.7 Å². The van der Waals surface area contributed by atoms with Crippen LogP contribution in [0.2, 0.25) is 0 Å². The second kappa shape index (κ2) is 8.57. The zero-order valence-corrected chi connectivity index (χ0v) is 17.2. The first-order valence-electron chi connectivity index (χ1n) is 9.97. The Morgan fingerprint density at radius 1 is 1.19 bits per heavy atom. The molecule has 31 heavy (non-hydrogen) atoms. The van der Waals surface area contributed by atoms with Crippen LogP contribution in [0.1, 0.15) is 29.8 Å². The van der Waals surface area contributed by atoms with E-state index in [1.54, 1.807) is 30.5 Å². The Balaban J connectivity index is 1.71. The Morgan fingerprint density at radius 3 is 2.65 bits per heavy atom. The van der Waals surface area contributed by atoms with E-state index in [0.717, 1.165) is 0 Å². The van der Waals surface area contributed by atoms with E-state index in [1.165, 1.54) is 22.7 Å². The van der Waals surface area contributed by atoms with E-state index in [2.05, 4.69) is 15.5 Å². The molecule has 0 bridgehead atoms. The van der Waals surface area contributed by atoms with Gasteiger partial charge in [0.15, 0.2) is 0 Å². The van der Waals surface area contributed by atoms with E-state index in [4.69, 9.17) is 4.74 Å². The standard InChI is InChI=1S/C22H23N5O4/c1-14-12-26(13-15(2)31-14)20-17(22(30)27-10-6-5-9-19(27)24-20)11-23-25-21(29)16-7-3-4-8-18(16)28/h3-11,14-15,28H,12-13H2,1-2H3,(H,25,29)/b23-11-/t14-,15-/m0/s1. The first kappa shape index (κ1) is 20.5. The number of rotatable bonds is 4. The minimum atomic E-state index is -0.585. The van der Waals surface area contributed by atoms with Crippen LogP contribution in [-0.2, 0) is 4.74 Å². The average Bonchev–Trinajstić information content (AvgIpc) is 2.74. The molecule has 4 rings (SSSR count). The third-order valence-electron chi connectivity index (χ3n) is 4.98. The first-order valence-corrected chi connectivity index (χ1v) is 9.97.